The van der Waals surface area contributed by atoms with Crippen LogP contribution in [0.5, 0.6) is 0 Å². The van der Waals surface area contributed by atoms with E-state index in [2.05, 4.69) is 58.5 Å². The van der Waals surface area contributed by atoms with Crippen LogP contribution in [0, 0.1) is 19.8 Å². The molecule has 1 aliphatic heterocycles. The normalized spacial score (nSPS) is 16.8. The van der Waals surface area contributed by atoms with Gasteiger partial charge in [0.15, 0.2) is 0 Å². The summed E-state index contributed by atoms with van der Waals surface area (Å²) in [5.74, 6) is 1.38. The average Bonchev–Trinajstić information content (AvgIpc) is 3.27. The Morgan fingerprint density at radius 3 is 2.56 bits per heavy atom. The molecule has 1 saturated heterocycles. The van der Waals surface area contributed by atoms with Crippen LogP contribution in [0.25, 0.3) is 11.4 Å². The van der Waals surface area contributed by atoms with Crippen molar-refractivity contribution in [3.8, 4) is 11.4 Å². The van der Waals surface area contributed by atoms with Gasteiger partial charge in [-0.1, -0.05) is 64.8 Å². The Labute approximate surface area is 190 Å². The van der Waals surface area contributed by atoms with E-state index in [-0.39, 0.29) is 11.8 Å². The van der Waals surface area contributed by atoms with Crippen LogP contribution in [0.3, 0.4) is 0 Å². The molecule has 0 bridgehead atoms. The number of carbonyl (C=O) groups excluding carboxylic acids is 1. The minimum atomic E-state index is 0.0163. The molecule has 6 nitrogen and oxygen atoms in total. The van der Waals surface area contributed by atoms with E-state index < -0.39 is 0 Å². The fraction of sp³-hybridized carbons (Fsp3) is 0.423. The lowest BCUT2D eigenvalue weighted by Gasteiger charge is -2.30. The zero-order valence-electron chi connectivity index (χ0n) is 19.0. The quantitative estimate of drug-likeness (QED) is 0.537. The third-order valence-corrected chi connectivity index (χ3v) is 6.08. The smallest absolute Gasteiger partial charge is 0.241 e. The molecule has 1 atom stereocenters. The molecular formula is C26H32N4O2. The Morgan fingerprint density at radius 1 is 1.09 bits per heavy atom. The Kier molecular flexibility index (Phi) is 7.32. The zero-order chi connectivity index (χ0) is 22.3. The summed E-state index contributed by atoms with van der Waals surface area (Å²) in [6.07, 6.45) is 3.87. The second-order valence-corrected chi connectivity index (χ2v) is 8.83. The first-order valence-corrected chi connectivity index (χ1v) is 11.5. The number of aryl methyl sites for hydroxylation is 3. The second-order valence-electron chi connectivity index (χ2n) is 8.83. The molecule has 168 valence electrons. The summed E-state index contributed by atoms with van der Waals surface area (Å²) in [6.45, 7) is 7.12. The van der Waals surface area contributed by atoms with E-state index in [1.54, 1.807) is 0 Å². The van der Waals surface area contributed by atoms with Gasteiger partial charge in [0.1, 0.15) is 0 Å². The van der Waals surface area contributed by atoms with Gasteiger partial charge < -0.3 is 9.84 Å². The number of carbonyl (C=O) groups is 1. The predicted octanol–water partition coefficient (Wildman–Crippen LogP) is 4.31. The van der Waals surface area contributed by atoms with Crippen molar-refractivity contribution in [1.82, 2.24) is 20.4 Å². The van der Waals surface area contributed by atoms with Crippen LogP contribution >= 0.6 is 0 Å². The Balaban J connectivity index is 1.23. The number of nitrogens with one attached hydrogen (secondary N) is 1. The molecule has 1 unspecified atom stereocenters. The lowest BCUT2D eigenvalue weighted by atomic mass is 9.97. The number of rotatable bonds is 8. The van der Waals surface area contributed by atoms with Gasteiger partial charge in [0.25, 0.3) is 0 Å². The van der Waals surface area contributed by atoms with Gasteiger partial charge in [0.2, 0.25) is 17.6 Å². The van der Waals surface area contributed by atoms with Crippen molar-refractivity contribution in [2.45, 2.75) is 46.1 Å². The minimum Gasteiger partial charge on any atom is -0.356 e. The Bertz CT molecular complexity index is 1010. The molecule has 3 aromatic rings. The first-order valence-electron chi connectivity index (χ1n) is 11.5. The lowest BCUT2D eigenvalue weighted by Crippen LogP contribution is -2.43. The molecule has 1 N–H and O–H groups in total. The highest BCUT2D eigenvalue weighted by Gasteiger charge is 2.26. The van der Waals surface area contributed by atoms with Gasteiger partial charge in [-0.25, -0.2) is 0 Å². The van der Waals surface area contributed by atoms with Crippen LogP contribution in [0.2, 0.25) is 0 Å². The third kappa shape index (κ3) is 6.04. The number of likely N-dealkylation sites (tertiary alicyclic amines) is 1. The van der Waals surface area contributed by atoms with Gasteiger partial charge >= 0.3 is 0 Å². The van der Waals surface area contributed by atoms with E-state index in [1.165, 1.54) is 16.7 Å². The van der Waals surface area contributed by atoms with Crippen LogP contribution in [-0.4, -0.2) is 40.6 Å². The van der Waals surface area contributed by atoms with Crippen LogP contribution in [0.1, 0.15) is 41.8 Å². The molecule has 0 spiro atoms. The molecule has 2 aromatic carbocycles. The highest BCUT2D eigenvalue weighted by molar-refractivity contribution is 5.78. The molecule has 0 saturated carbocycles. The monoisotopic (exact) mass is 432 g/mol. The van der Waals surface area contributed by atoms with E-state index in [0.29, 0.717) is 24.8 Å². The molecule has 2 heterocycles. The lowest BCUT2D eigenvalue weighted by molar-refractivity contribution is -0.126. The van der Waals surface area contributed by atoms with Crippen molar-refractivity contribution in [3.05, 3.63) is 71.1 Å². The van der Waals surface area contributed by atoms with Crippen LogP contribution in [0.4, 0.5) is 0 Å². The first-order chi connectivity index (χ1) is 15.6. The number of nitrogens with zero attached hydrogens (tertiary/aromatic N) is 3. The maximum atomic E-state index is 12.7. The summed E-state index contributed by atoms with van der Waals surface area (Å²) in [4.78, 5) is 19.5. The standard InChI is InChI=1S/C26H32N4O2/c1-19-7-11-21(12-8-19)5-3-15-27-26(31)23-6-4-16-30(17-23)18-24-28-25(29-32-24)22-13-9-20(2)10-14-22/h7-14,23H,3-6,15-18H2,1-2H3,(H,27,31). The van der Waals surface area contributed by atoms with Crippen molar-refractivity contribution in [3.63, 3.8) is 0 Å². The molecule has 1 aromatic heterocycles. The average molecular weight is 433 g/mol. The van der Waals surface area contributed by atoms with Crippen LogP contribution in [-0.2, 0) is 17.8 Å². The Morgan fingerprint density at radius 2 is 1.81 bits per heavy atom. The second kappa shape index (κ2) is 10.6. The molecule has 4 rings (SSSR count). The number of piperidine rings is 1. The molecule has 0 aliphatic carbocycles. The van der Waals surface area contributed by atoms with Gasteiger partial charge in [-0.15, -0.1) is 0 Å². The predicted molar refractivity (Wildman–Crippen MR) is 125 cm³/mol. The van der Waals surface area contributed by atoms with Gasteiger partial charge in [-0.3, -0.25) is 9.69 Å². The van der Waals surface area contributed by atoms with Crippen molar-refractivity contribution >= 4 is 5.91 Å². The molecule has 1 amide bonds. The fourth-order valence-corrected chi connectivity index (χ4v) is 4.15. The van der Waals surface area contributed by atoms with Gasteiger partial charge in [-0.05, 0) is 51.6 Å². The molecule has 0 radical (unpaired) electrons. The number of benzene rings is 2. The van der Waals surface area contributed by atoms with E-state index in [0.717, 1.165) is 44.3 Å². The van der Waals surface area contributed by atoms with Gasteiger partial charge in [0, 0.05) is 18.7 Å². The highest BCUT2D eigenvalue weighted by Crippen LogP contribution is 2.21. The Hall–Kier alpha value is -2.99. The third-order valence-electron chi connectivity index (χ3n) is 6.08. The summed E-state index contributed by atoms with van der Waals surface area (Å²) in [7, 11) is 0. The highest BCUT2D eigenvalue weighted by atomic mass is 16.5. The maximum absolute atomic E-state index is 12.7. The van der Waals surface area contributed by atoms with Gasteiger partial charge in [-0.2, -0.15) is 4.98 Å². The number of amides is 1. The van der Waals surface area contributed by atoms with E-state index in [4.69, 9.17) is 4.52 Å². The maximum Gasteiger partial charge on any atom is 0.241 e. The van der Waals surface area contributed by atoms with Crippen LogP contribution < -0.4 is 5.32 Å². The number of aromatic nitrogens is 2. The number of hydrogen-bond donors (Lipinski definition) is 1. The van der Waals surface area contributed by atoms with E-state index in [1.807, 2.05) is 24.3 Å². The summed E-state index contributed by atoms with van der Waals surface area (Å²) in [5, 5.41) is 7.25. The molecule has 6 heteroatoms. The minimum absolute atomic E-state index is 0.0163. The van der Waals surface area contributed by atoms with E-state index >= 15 is 0 Å². The van der Waals surface area contributed by atoms with Crippen LogP contribution in [0.15, 0.2) is 53.1 Å². The van der Waals surface area contributed by atoms with Crippen molar-refractivity contribution in [1.29, 1.82) is 0 Å². The summed E-state index contributed by atoms with van der Waals surface area (Å²) >= 11 is 0. The van der Waals surface area contributed by atoms with Crippen molar-refractivity contribution < 1.29 is 9.32 Å². The van der Waals surface area contributed by atoms with Crippen molar-refractivity contribution in [2.75, 3.05) is 19.6 Å². The molecular weight excluding hydrogens is 400 g/mol. The van der Waals surface area contributed by atoms with E-state index in [9.17, 15) is 4.79 Å². The molecule has 1 fully saturated rings. The molecule has 32 heavy (non-hydrogen) atoms. The fourth-order valence-electron chi connectivity index (χ4n) is 4.15. The summed E-state index contributed by atoms with van der Waals surface area (Å²) in [6, 6.07) is 16.7. The zero-order valence-corrected chi connectivity index (χ0v) is 19.0. The van der Waals surface area contributed by atoms with Gasteiger partial charge in [0.05, 0.1) is 12.5 Å². The number of hydrogen-bond acceptors (Lipinski definition) is 5. The summed E-state index contributed by atoms with van der Waals surface area (Å²) < 4.78 is 5.47. The largest absolute Gasteiger partial charge is 0.356 e. The molecule has 1 aliphatic rings. The summed E-state index contributed by atoms with van der Waals surface area (Å²) in [5.41, 5.74) is 4.74. The first kappa shape index (κ1) is 22.2. The van der Waals surface area contributed by atoms with Crippen molar-refractivity contribution in [2.24, 2.45) is 5.92 Å². The topological polar surface area (TPSA) is 71.3 Å². The SMILES string of the molecule is Cc1ccc(CCCNC(=O)C2CCCN(Cc3nc(-c4ccc(C)cc4)no3)C2)cc1.